The minimum absolute atomic E-state index is 0.0174. The van der Waals surface area contributed by atoms with Gasteiger partial charge in [0.05, 0.1) is 0 Å². The lowest BCUT2D eigenvalue weighted by Crippen LogP contribution is -2.51. The molecule has 1 fully saturated rings. The predicted octanol–water partition coefficient (Wildman–Crippen LogP) is 3.44. The van der Waals surface area contributed by atoms with Crippen molar-refractivity contribution in [1.82, 2.24) is 9.80 Å². The van der Waals surface area contributed by atoms with Crippen molar-refractivity contribution in [3.05, 3.63) is 60.2 Å². The number of carbonyl (C=O) groups excluding carboxylic acids is 1. The molecule has 2 aromatic carbocycles. The molecule has 0 aliphatic carbocycles. The summed E-state index contributed by atoms with van der Waals surface area (Å²) in [6.07, 6.45) is 0. The van der Waals surface area contributed by atoms with Crippen molar-refractivity contribution in [2.75, 3.05) is 31.5 Å². The number of halogens is 2. The Kier molecular flexibility index (Phi) is 6.18. The Morgan fingerprint density at radius 2 is 1.56 bits per heavy atom. The van der Waals surface area contributed by atoms with Gasteiger partial charge in [-0.2, -0.15) is 8.78 Å². The first kappa shape index (κ1) is 19.0. The van der Waals surface area contributed by atoms with Gasteiger partial charge in [-0.3, -0.25) is 4.79 Å². The number of nitrogens with one attached hydrogen (secondary N) is 1. The molecule has 0 aromatic heterocycles. The maximum absolute atomic E-state index is 12.5. The van der Waals surface area contributed by atoms with Gasteiger partial charge in [0, 0.05) is 37.4 Å². The average molecular weight is 391 g/mol. The van der Waals surface area contributed by atoms with Crippen LogP contribution in [0.4, 0.5) is 14.5 Å². The first-order valence-corrected chi connectivity index (χ1v) is 8.89. The number of hydrogen-bond donors (Lipinski definition) is 1. The molecule has 0 atom stereocenters. The zero-order valence-electron chi connectivity index (χ0n) is 14.5. The summed E-state index contributed by atoms with van der Waals surface area (Å²) in [6, 6.07) is 15.3. The first-order valence-electron chi connectivity index (χ1n) is 8.48. The van der Waals surface area contributed by atoms with E-state index >= 15 is 0 Å². The zero-order valence-corrected chi connectivity index (χ0v) is 15.3. The van der Waals surface area contributed by atoms with E-state index in [0.717, 1.165) is 0 Å². The lowest BCUT2D eigenvalue weighted by molar-refractivity contribution is -0.0498. The van der Waals surface area contributed by atoms with E-state index in [1.807, 2.05) is 40.1 Å². The van der Waals surface area contributed by atoms with Crippen LogP contribution in [0.25, 0.3) is 0 Å². The van der Waals surface area contributed by atoms with Gasteiger partial charge >= 0.3 is 6.61 Å². The van der Waals surface area contributed by atoms with Crippen LogP contribution in [-0.2, 0) is 0 Å². The summed E-state index contributed by atoms with van der Waals surface area (Å²) in [5, 5.41) is 3.61. The SMILES string of the molecule is O=C(c1ccccc1)N1CCN(C(=S)Nc2ccc(OC(F)F)cc2)CC1. The summed E-state index contributed by atoms with van der Waals surface area (Å²) in [5.41, 5.74) is 1.36. The fraction of sp³-hybridized carbons (Fsp3) is 0.263. The van der Waals surface area contributed by atoms with Crippen LogP contribution in [0.15, 0.2) is 54.6 Å². The van der Waals surface area contributed by atoms with Crippen LogP contribution < -0.4 is 10.1 Å². The Labute approximate surface area is 161 Å². The lowest BCUT2D eigenvalue weighted by Gasteiger charge is -2.36. The smallest absolute Gasteiger partial charge is 0.387 e. The standard InChI is InChI=1S/C19H19F2N3O2S/c20-18(21)26-16-8-6-15(7-9-16)22-19(27)24-12-10-23(11-13-24)17(25)14-4-2-1-3-5-14/h1-9,18H,10-13H2,(H,22,27). The molecule has 3 rings (SSSR count). The number of carbonyl (C=O) groups is 1. The van der Waals surface area contributed by atoms with Crippen LogP contribution in [0, 0.1) is 0 Å². The van der Waals surface area contributed by atoms with Crippen molar-refractivity contribution in [2.24, 2.45) is 0 Å². The quantitative estimate of drug-likeness (QED) is 0.809. The first-order chi connectivity index (χ1) is 13.0. The van der Waals surface area contributed by atoms with Gasteiger partial charge in [-0.1, -0.05) is 18.2 Å². The third-order valence-electron chi connectivity index (χ3n) is 4.21. The van der Waals surface area contributed by atoms with E-state index < -0.39 is 6.61 Å². The monoisotopic (exact) mass is 391 g/mol. The van der Waals surface area contributed by atoms with Crippen molar-refractivity contribution >= 4 is 28.9 Å². The van der Waals surface area contributed by atoms with E-state index in [4.69, 9.17) is 12.2 Å². The van der Waals surface area contributed by atoms with E-state index in [9.17, 15) is 13.6 Å². The van der Waals surface area contributed by atoms with Gasteiger partial charge in [-0.05, 0) is 48.6 Å². The molecule has 8 heteroatoms. The highest BCUT2D eigenvalue weighted by Crippen LogP contribution is 2.18. The molecule has 0 unspecified atom stereocenters. The summed E-state index contributed by atoms with van der Waals surface area (Å²) in [5.74, 6) is 0.109. The highest BCUT2D eigenvalue weighted by molar-refractivity contribution is 7.80. The van der Waals surface area contributed by atoms with Gasteiger partial charge in [0.1, 0.15) is 5.75 Å². The molecule has 142 valence electrons. The number of anilines is 1. The number of hydrogen-bond acceptors (Lipinski definition) is 3. The van der Waals surface area contributed by atoms with Crippen LogP contribution in [0.3, 0.4) is 0 Å². The normalized spacial score (nSPS) is 14.2. The Morgan fingerprint density at radius 3 is 2.15 bits per heavy atom. The Hall–Kier alpha value is -2.74. The van der Waals surface area contributed by atoms with Gasteiger partial charge in [-0.15, -0.1) is 0 Å². The van der Waals surface area contributed by atoms with Crippen molar-refractivity contribution < 1.29 is 18.3 Å². The van der Waals surface area contributed by atoms with E-state index in [1.165, 1.54) is 12.1 Å². The zero-order chi connectivity index (χ0) is 19.2. The second-order valence-electron chi connectivity index (χ2n) is 5.98. The number of ether oxygens (including phenoxy) is 1. The summed E-state index contributed by atoms with van der Waals surface area (Å²) in [7, 11) is 0. The van der Waals surface area contributed by atoms with Crippen molar-refractivity contribution in [3.8, 4) is 5.75 Å². The minimum atomic E-state index is -2.85. The second kappa shape index (κ2) is 8.77. The average Bonchev–Trinajstić information content (AvgIpc) is 2.69. The fourth-order valence-corrected chi connectivity index (χ4v) is 3.10. The molecular weight excluding hydrogens is 372 g/mol. The molecular formula is C19H19F2N3O2S. The molecule has 1 aliphatic rings. The molecule has 2 aromatic rings. The molecule has 1 aliphatic heterocycles. The van der Waals surface area contributed by atoms with Gasteiger partial charge in [-0.25, -0.2) is 0 Å². The summed E-state index contributed by atoms with van der Waals surface area (Å²) in [4.78, 5) is 16.3. The number of amides is 1. The van der Waals surface area contributed by atoms with E-state index in [0.29, 0.717) is 42.5 Å². The number of nitrogens with zero attached hydrogens (tertiary/aromatic N) is 2. The summed E-state index contributed by atoms with van der Waals surface area (Å²) < 4.78 is 28.7. The highest BCUT2D eigenvalue weighted by Gasteiger charge is 2.23. The van der Waals surface area contributed by atoms with Gasteiger partial charge in [0.15, 0.2) is 5.11 Å². The number of rotatable bonds is 4. The van der Waals surface area contributed by atoms with Gasteiger partial charge in [0.2, 0.25) is 0 Å². The van der Waals surface area contributed by atoms with Crippen LogP contribution in [-0.4, -0.2) is 53.6 Å². The Morgan fingerprint density at radius 1 is 0.963 bits per heavy atom. The van der Waals surface area contributed by atoms with Crippen LogP contribution >= 0.6 is 12.2 Å². The Bertz CT molecular complexity index is 779. The minimum Gasteiger partial charge on any atom is -0.435 e. The second-order valence-corrected chi connectivity index (χ2v) is 6.37. The van der Waals surface area contributed by atoms with Crippen molar-refractivity contribution in [3.63, 3.8) is 0 Å². The van der Waals surface area contributed by atoms with Crippen molar-refractivity contribution in [1.29, 1.82) is 0 Å². The molecule has 0 spiro atoms. The van der Waals surface area contributed by atoms with E-state index in [2.05, 4.69) is 10.1 Å². The molecule has 5 nitrogen and oxygen atoms in total. The maximum Gasteiger partial charge on any atom is 0.387 e. The number of piperazine rings is 1. The molecule has 1 amide bonds. The molecule has 0 radical (unpaired) electrons. The molecule has 0 saturated carbocycles. The van der Waals surface area contributed by atoms with Gasteiger partial charge < -0.3 is 19.9 Å². The van der Waals surface area contributed by atoms with Crippen LogP contribution in [0.5, 0.6) is 5.75 Å². The van der Waals surface area contributed by atoms with Crippen LogP contribution in [0.1, 0.15) is 10.4 Å². The topological polar surface area (TPSA) is 44.8 Å². The lowest BCUT2D eigenvalue weighted by atomic mass is 10.2. The largest absolute Gasteiger partial charge is 0.435 e. The van der Waals surface area contributed by atoms with E-state index in [1.54, 1.807) is 12.1 Å². The molecule has 1 N–H and O–H groups in total. The Balaban J connectivity index is 1.50. The van der Waals surface area contributed by atoms with Crippen molar-refractivity contribution in [2.45, 2.75) is 6.61 Å². The van der Waals surface area contributed by atoms with Crippen LogP contribution in [0.2, 0.25) is 0 Å². The molecule has 0 bridgehead atoms. The molecule has 1 heterocycles. The number of alkyl halides is 2. The third-order valence-corrected chi connectivity index (χ3v) is 4.57. The fourth-order valence-electron chi connectivity index (χ4n) is 2.80. The predicted molar refractivity (Wildman–Crippen MR) is 103 cm³/mol. The summed E-state index contributed by atoms with van der Waals surface area (Å²) >= 11 is 5.42. The number of benzene rings is 2. The third kappa shape index (κ3) is 5.13. The highest BCUT2D eigenvalue weighted by atomic mass is 32.1. The maximum atomic E-state index is 12.5. The number of thiocarbonyl (C=S) groups is 1. The molecule has 1 saturated heterocycles. The van der Waals surface area contributed by atoms with E-state index in [-0.39, 0.29) is 11.7 Å². The molecule has 27 heavy (non-hydrogen) atoms. The summed E-state index contributed by atoms with van der Waals surface area (Å²) in [6.45, 7) is -0.443. The van der Waals surface area contributed by atoms with Gasteiger partial charge in [0.25, 0.3) is 5.91 Å².